The molecule has 108 valence electrons. The molecular formula is C17H18N2O2. The van der Waals surface area contributed by atoms with Crippen molar-refractivity contribution in [3.8, 4) is 11.8 Å². The lowest BCUT2D eigenvalue weighted by Gasteiger charge is -2.41. The van der Waals surface area contributed by atoms with Gasteiger partial charge in [-0.15, -0.1) is 0 Å². The smallest absolute Gasteiger partial charge is 0.181 e. The average molecular weight is 282 g/mol. The number of allylic oxidation sites excluding steroid dienone is 2. The van der Waals surface area contributed by atoms with E-state index < -0.39 is 0 Å². The molecule has 1 aliphatic heterocycles. The minimum atomic E-state index is -0.381. The first-order chi connectivity index (χ1) is 9.91. The maximum atomic E-state index is 12.4. The largest absolute Gasteiger partial charge is 0.484 e. The van der Waals surface area contributed by atoms with Crippen LogP contribution in [0.4, 0.5) is 5.69 Å². The summed E-state index contributed by atoms with van der Waals surface area (Å²) in [5.41, 5.74) is 1.73. The normalized spacial score (nSPS) is 23.1. The summed E-state index contributed by atoms with van der Waals surface area (Å²) >= 11 is 0. The molecule has 1 aromatic carbocycles. The van der Waals surface area contributed by atoms with E-state index in [1.807, 2.05) is 37.8 Å². The van der Waals surface area contributed by atoms with Gasteiger partial charge in [0, 0.05) is 5.92 Å². The summed E-state index contributed by atoms with van der Waals surface area (Å²) in [5, 5.41) is 9.10. The fourth-order valence-electron chi connectivity index (χ4n) is 2.89. The van der Waals surface area contributed by atoms with Gasteiger partial charge in [0.05, 0.1) is 29.6 Å². The Morgan fingerprint density at radius 3 is 2.81 bits per heavy atom. The molecule has 0 amide bonds. The van der Waals surface area contributed by atoms with Crippen LogP contribution in [0.25, 0.3) is 0 Å². The number of fused-ring (bicyclic) bond motifs is 1. The SMILES string of the molecule is CC1CC=C(N2CC(C)(C)Oc3ccc(C#N)cc32)C1=O. The van der Waals surface area contributed by atoms with E-state index in [0.29, 0.717) is 12.1 Å². The van der Waals surface area contributed by atoms with E-state index in [1.165, 1.54) is 0 Å². The molecular weight excluding hydrogens is 264 g/mol. The molecule has 0 radical (unpaired) electrons. The van der Waals surface area contributed by atoms with Gasteiger partial charge in [0.15, 0.2) is 5.78 Å². The predicted octanol–water partition coefficient (Wildman–Crippen LogP) is 3.03. The average Bonchev–Trinajstić information content (AvgIpc) is 2.77. The molecule has 4 heteroatoms. The zero-order chi connectivity index (χ0) is 15.2. The standard InChI is InChI=1S/C17H18N2O2/c1-11-4-6-13(16(11)20)19-10-17(2,3)21-15-7-5-12(9-18)8-14(15)19/h5-8,11H,4,10H2,1-3H3. The zero-order valence-electron chi connectivity index (χ0n) is 12.5. The third-order valence-electron chi connectivity index (χ3n) is 3.96. The van der Waals surface area contributed by atoms with Crippen molar-refractivity contribution in [1.82, 2.24) is 0 Å². The fourth-order valence-corrected chi connectivity index (χ4v) is 2.89. The number of benzene rings is 1. The molecule has 1 aliphatic carbocycles. The van der Waals surface area contributed by atoms with Crippen LogP contribution >= 0.6 is 0 Å². The summed E-state index contributed by atoms with van der Waals surface area (Å²) in [6, 6.07) is 7.49. The van der Waals surface area contributed by atoms with Crippen LogP contribution in [0.2, 0.25) is 0 Å². The van der Waals surface area contributed by atoms with Crippen LogP contribution in [-0.4, -0.2) is 17.9 Å². The number of rotatable bonds is 1. The highest BCUT2D eigenvalue weighted by molar-refractivity contribution is 6.02. The van der Waals surface area contributed by atoms with Crippen molar-refractivity contribution in [3.63, 3.8) is 0 Å². The van der Waals surface area contributed by atoms with Crippen LogP contribution in [0.1, 0.15) is 32.8 Å². The van der Waals surface area contributed by atoms with Crippen LogP contribution in [0.5, 0.6) is 5.75 Å². The molecule has 0 saturated heterocycles. The van der Waals surface area contributed by atoms with Crippen LogP contribution in [0.3, 0.4) is 0 Å². The Bertz CT molecular complexity index is 683. The Labute approximate surface area is 124 Å². The summed E-state index contributed by atoms with van der Waals surface area (Å²) < 4.78 is 5.98. The molecule has 21 heavy (non-hydrogen) atoms. The number of ether oxygens (including phenoxy) is 1. The number of carbonyl (C=O) groups excluding carboxylic acids is 1. The quantitative estimate of drug-likeness (QED) is 0.794. The first-order valence-electron chi connectivity index (χ1n) is 7.16. The molecule has 1 aromatic rings. The van der Waals surface area contributed by atoms with E-state index in [4.69, 9.17) is 10.00 Å². The summed E-state index contributed by atoms with van der Waals surface area (Å²) in [7, 11) is 0. The van der Waals surface area contributed by atoms with Crippen molar-refractivity contribution in [3.05, 3.63) is 35.5 Å². The number of ketones is 1. The molecule has 1 heterocycles. The molecule has 1 atom stereocenters. The number of carbonyl (C=O) groups is 1. The van der Waals surface area contributed by atoms with Crippen LogP contribution in [0, 0.1) is 17.2 Å². The minimum absolute atomic E-state index is 0.0357. The number of hydrogen-bond acceptors (Lipinski definition) is 4. The number of hydrogen-bond donors (Lipinski definition) is 0. The second kappa shape index (κ2) is 4.63. The monoisotopic (exact) mass is 282 g/mol. The van der Waals surface area contributed by atoms with Crippen molar-refractivity contribution in [2.75, 3.05) is 11.4 Å². The molecule has 1 unspecified atom stereocenters. The van der Waals surface area contributed by atoms with Crippen molar-refractivity contribution < 1.29 is 9.53 Å². The van der Waals surface area contributed by atoms with Gasteiger partial charge in [-0.3, -0.25) is 4.79 Å². The predicted molar refractivity (Wildman–Crippen MR) is 80.1 cm³/mol. The number of anilines is 1. The van der Waals surface area contributed by atoms with E-state index in [1.54, 1.807) is 12.1 Å². The highest BCUT2D eigenvalue weighted by Gasteiger charge is 2.37. The van der Waals surface area contributed by atoms with Crippen molar-refractivity contribution in [1.29, 1.82) is 5.26 Å². The van der Waals surface area contributed by atoms with E-state index in [0.717, 1.165) is 23.6 Å². The number of Topliss-reactive ketones (excluding diaryl/α,β-unsaturated/α-hetero) is 1. The summed E-state index contributed by atoms with van der Waals surface area (Å²) in [5.74, 6) is 0.924. The van der Waals surface area contributed by atoms with Gasteiger partial charge < -0.3 is 9.64 Å². The van der Waals surface area contributed by atoms with Crippen LogP contribution < -0.4 is 9.64 Å². The lowest BCUT2D eigenvalue weighted by molar-refractivity contribution is -0.118. The van der Waals surface area contributed by atoms with E-state index in [-0.39, 0.29) is 17.3 Å². The van der Waals surface area contributed by atoms with E-state index in [9.17, 15) is 4.79 Å². The van der Waals surface area contributed by atoms with Crippen molar-refractivity contribution in [2.24, 2.45) is 5.92 Å². The first-order valence-corrected chi connectivity index (χ1v) is 7.16. The summed E-state index contributed by atoms with van der Waals surface area (Å²) in [6.45, 7) is 6.55. The fraction of sp³-hybridized carbons (Fsp3) is 0.412. The molecule has 0 saturated carbocycles. The Morgan fingerprint density at radius 1 is 1.43 bits per heavy atom. The van der Waals surface area contributed by atoms with Crippen LogP contribution in [0.15, 0.2) is 30.0 Å². The maximum Gasteiger partial charge on any atom is 0.181 e. The molecule has 0 spiro atoms. The summed E-state index contributed by atoms with van der Waals surface area (Å²) in [4.78, 5) is 14.4. The topological polar surface area (TPSA) is 53.3 Å². The van der Waals surface area contributed by atoms with Gasteiger partial charge in [-0.05, 0) is 38.5 Å². The Hall–Kier alpha value is -2.28. The number of nitriles is 1. The van der Waals surface area contributed by atoms with Gasteiger partial charge in [-0.25, -0.2) is 0 Å². The van der Waals surface area contributed by atoms with E-state index in [2.05, 4.69) is 6.07 Å². The molecule has 0 bridgehead atoms. The molecule has 4 nitrogen and oxygen atoms in total. The Morgan fingerprint density at radius 2 is 2.19 bits per heavy atom. The Kier molecular flexibility index (Phi) is 3.02. The Balaban J connectivity index is 2.09. The lowest BCUT2D eigenvalue weighted by atomic mass is 10.0. The minimum Gasteiger partial charge on any atom is -0.484 e. The highest BCUT2D eigenvalue weighted by atomic mass is 16.5. The zero-order valence-corrected chi connectivity index (χ0v) is 12.5. The third kappa shape index (κ3) is 2.29. The second-order valence-electron chi connectivity index (χ2n) is 6.33. The van der Waals surface area contributed by atoms with Gasteiger partial charge in [0.25, 0.3) is 0 Å². The van der Waals surface area contributed by atoms with Gasteiger partial charge in [-0.2, -0.15) is 5.26 Å². The molecule has 0 N–H and O–H groups in total. The molecule has 0 fully saturated rings. The second-order valence-corrected chi connectivity index (χ2v) is 6.33. The van der Waals surface area contributed by atoms with Gasteiger partial charge >= 0.3 is 0 Å². The summed E-state index contributed by atoms with van der Waals surface area (Å²) in [6.07, 6.45) is 2.77. The number of nitrogens with zero attached hydrogens (tertiary/aromatic N) is 2. The lowest BCUT2D eigenvalue weighted by Crippen LogP contribution is -2.47. The van der Waals surface area contributed by atoms with Crippen molar-refractivity contribution >= 4 is 11.5 Å². The third-order valence-corrected chi connectivity index (χ3v) is 3.96. The first kappa shape index (κ1) is 13.7. The molecule has 0 aromatic heterocycles. The molecule has 3 rings (SSSR count). The van der Waals surface area contributed by atoms with Crippen LogP contribution in [-0.2, 0) is 4.79 Å². The maximum absolute atomic E-state index is 12.4. The van der Waals surface area contributed by atoms with Gasteiger partial charge in [0.2, 0.25) is 0 Å². The molecule has 2 aliphatic rings. The van der Waals surface area contributed by atoms with E-state index >= 15 is 0 Å². The van der Waals surface area contributed by atoms with Crippen molar-refractivity contribution in [2.45, 2.75) is 32.8 Å². The van der Waals surface area contributed by atoms with Gasteiger partial charge in [-0.1, -0.05) is 13.0 Å². The van der Waals surface area contributed by atoms with Gasteiger partial charge in [0.1, 0.15) is 11.4 Å². The highest BCUT2D eigenvalue weighted by Crippen LogP contribution is 2.41.